The van der Waals surface area contributed by atoms with E-state index in [0.717, 1.165) is 18.4 Å². The van der Waals surface area contributed by atoms with Gasteiger partial charge in [-0.05, 0) is 38.0 Å². The Labute approximate surface area is 118 Å². The minimum Gasteiger partial charge on any atom is -0.507 e. The predicted octanol–water partition coefficient (Wildman–Crippen LogP) is 3.63. The van der Waals surface area contributed by atoms with Gasteiger partial charge in [-0.2, -0.15) is 4.98 Å². The zero-order valence-electron chi connectivity index (χ0n) is 12.1. The van der Waals surface area contributed by atoms with Crippen molar-refractivity contribution in [1.29, 1.82) is 0 Å². The van der Waals surface area contributed by atoms with Crippen LogP contribution >= 0.6 is 0 Å². The number of phenols is 1. The first-order valence-corrected chi connectivity index (χ1v) is 6.90. The zero-order chi connectivity index (χ0) is 14.5. The third kappa shape index (κ3) is 3.17. The van der Waals surface area contributed by atoms with E-state index in [1.807, 2.05) is 19.9 Å². The van der Waals surface area contributed by atoms with Crippen molar-refractivity contribution in [3.05, 3.63) is 29.6 Å². The van der Waals surface area contributed by atoms with Crippen LogP contribution in [0.4, 0.5) is 0 Å². The lowest BCUT2D eigenvalue weighted by Crippen LogP contribution is -2.05. The van der Waals surface area contributed by atoms with Gasteiger partial charge in [-0.15, -0.1) is 0 Å². The van der Waals surface area contributed by atoms with Gasteiger partial charge in [-0.3, -0.25) is 0 Å². The molecule has 0 spiro atoms. The molecule has 5 nitrogen and oxygen atoms in total. The monoisotopic (exact) mass is 276 g/mol. The van der Waals surface area contributed by atoms with Gasteiger partial charge in [0.1, 0.15) is 11.9 Å². The van der Waals surface area contributed by atoms with Crippen LogP contribution in [0.2, 0.25) is 0 Å². The number of aromatic hydroxyl groups is 1. The third-order valence-corrected chi connectivity index (χ3v) is 3.03. The smallest absolute Gasteiger partial charge is 0.261 e. The fourth-order valence-electron chi connectivity index (χ4n) is 2.05. The number of rotatable bonds is 6. The number of aromatic nitrogens is 2. The number of hydrogen-bond donors (Lipinski definition) is 1. The Bertz CT molecular complexity index is 560. The molecule has 2 aromatic rings. The number of hydrogen-bond acceptors (Lipinski definition) is 5. The van der Waals surface area contributed by atoms with E-state index in [4.69, 9.17) is 9.26 Å². The molecule has 1 aromatic heterocycles. The summed E-state index contributed by atoms with van der Waals surface area (Å²) in [5, 5.41) is 13.9. The predicted molar refractivity (Wildman–Crippen MR) is 75.4 cm³/mol. The van der Waals surface area contributed by atoms with Gasteiger partial charge in [-0.1, -0.05) is 24.6 Å². The van der Waals surface area contributed by atoms with Crippen LogP contribution in [0.15, 0.2) is 22.7 Å². The highest BCUT2D eigenvalue weighted by Gasteiger charge is 2.19. The Hall–Kier alpha value is -1.88. The highest BCUT2D eigenvalue weighted by atomic mass is 16.5. The summed E-state index contributed by atoms with van der Waals surface area (Å²) < 4.78 is 10.9. The highest BCUT2D eigenvalue weighted by Crippen LogP contribution is 2.30. The van der Waals surface area contributed by atoms with Gasteiger partial charge in [0.05, 0.1) is 5.56 Å². The van der Waals surface area contributed by atoms with Crippen LogP contribution in [0.5, 0.6) is 5.75 Å². The van der Waals surface area contributed by atoms with Gasteiger partial charge >= 0.3 is 0 Å². The highest BCUT2D eigenvalue weighted by molar-refractivity contribution is 5.62. The topological polar surface area (TPSA) is 68.4 Å². The van der Waals surface area contributed by atoms with Crippen LogP contribution in [0.25, 0.3) is 11.5 Å². The Balaban J connectivity index is 2.27. The van der Waals surface area contributed by atoms with Crippen LogP contribution in [0.3, 0.4) is 0 Å². The van der Waals surface area contributed by atoms with Crippen LogP contribution in [0.1, 0.15) is 44.2 Å². The molecule has 0 aliphatic rings. The lowest BCUT2D eigenvalue weighted by molar-refractivity contribution is 0.0478. The Morgan fingerprint density at radius 2 is 2.15 bits per heavy atom. The first kappa shape index (κ1) is 14.5. The molecule has 20 heavy (non-hydrogen) atoms. The molecule has 0 saturated heterocycles. The van der Waals surface area contributed by atoms with Crippen molar-refractivity contribution in [1.82, 2.24) is 10.1 Å². The lowest BCUT2D eigenvalue weighted by atomic mass is 10.1. The molecule has 0 aliphatic carbocycles. The van der Waals surface area contributed by atoms with Gasteiger partial charge in [0, 0.05) is 6.61 Å². The molecule has 1 aromatic carbocycles. The van der Waals surface area contributed by atoms with Gasteiger partial charge in [0.25, 0.3) is 5.89 Å². The molecular weight excluding hydrogens is 256 g/mol. The fraction of sp³-hybridized carbons (Fsp3) is 0.467. The maximum absolute atomic E-state index is 9.94. The average molecular weight is 276 g/mol. The Kier molecular flexibility index (Phi) is 4.74. The molecular formula is C15H20N2O3. The number of benzene rings is 1. The zero-order valence-corrected chi connectivity index (χ0v) is 12.1. The summed E-state index contributed by atoms with van der Waals surface area (Å²) in [6.45, 7) is 6.54. The summed E-state index contributed by atoms with van der Waals surface area (Å²) in [5.74, 6) is 0.991. The van der Waals surface area contributed by atoms with Crippen LogP contribution in [-0.2, 0) is 4.74 Å². The van der Waals surface area contributed by atoms with Crippen molar-refractivity contribution >= 4 is 0 Å². The fourth-order valence-corrected chi connectivity index (χ4v) is 2.05. The second kappa shape index (κ2) is 6.52. The molecule has 1 atom stereocenters. The molecule has 0 fully saturated rings. The minimum absolute atomic E-state index is 0.142. The third-order valence-electron chi connectivity index (χ3n) is 3.03. The van der Waals surface area contributed by atoms with Gasteiger partial charge < -0.3 is 14.4 Å². The number of ether oxygens (including phenoxy) is 1. The van der Waals surface area contributed by atoms with Crippen LogP contribution < -0.4 is 0 Å². The summed E-state index contributed by atoms with van der Waals surface area (Å²) in [6.07, 6.45) is 1.66. The second-order valence-corrected chi connectivity index (χ2v) is 4.71. The molecule has 1 heterocycles. The largest absolute Gasteiger partial charge is 0.507 e. The van der Waals surface area contributed by atoms with Gasteiger partial charge in [0.15, 0.2) is 0 Å². The van der Waals surface area contributed by atoms with E-state index in [1.165, 1.54) is 0 Å². The SMILES string of the molecule is CCCC(OCC)c1noc(-c2ccc(C)cc2O)n1. The molecule has 0 saturated carbocycles. The van der Waals surface area contributed by atoms with Gasteiger partial charge in [0.2, 0.25) is 5.82 Å². The quantitative estimate of drug-likeness (QED) is 0.872. The Morgan fingerprint density at radius 3 is 2.80 bits per heavy atom. The first-order chi connectivity index (χ1) is 9.65. The van der Waals surface area contributed by atoms with Crippen molar-refractivity contribution in [2.45, 2.75) is 39.7 Å². The molecule has 0 aliphatic heterocycles. The molecule has 1 unspecified atom stereocenters. The minimum atomic E-state index is -0.157. The molecule has 0 bridgehead atoms. The van der Waals surface area contributed by atoms with E-state index in [2.05, 4.69) is 17.1 Å². The molecule has 5 heteroatoms. The van der Waals surface area contributed by atoms with E-state index >= 15 is 0 Å². The van der Waals surface area contributed by atoms with E-state index in [-0.39, 0.29) is 11.9 Å². The summed E-state index contributed by atoms with van der Waals surface area (Å²) >= 11 is 0. The maximum Gasteiger partial charge on any atom is 0.261 e. The number of phenolic OH excluding ortho intramolecular Hbond substituents is 1. The first-order valence-electron chi connectivity index (χ1n) is 6.90. The standard InChI is InChI=1S/C15H20N2O3/c1-4-6-13(19-5-2)14-16-15(20-17-14)11-8-7-10(3)9-12(11)18/h7-9,13,18H,4-6H2,1-3H3. The summed E-state index contributed by atoms with van der Waals surface area (Å²) in [7, 11) is 0. The summed E-state index contributed by atoms with van der Waals surface area (Å²) in [6, 6.07) is 5.34. The van der Waals surface area contributed by atoms with E-state index in [9.17, 15) is 5.11 Å². The molecule has 108 valence electrons. The van der Waals surface area contributed by atoms with E-state index in [1.54, 1.807) is 12.1 Å². The number of nitrogens with zero attached hydrogens (tertiary/aromatic N) is 2. The van der Waals surface area contributed by atoms with E-state index < -0.39 is 0 Å². The maximum atomic E-state index is 9.94. The summed E-state index contributed by atoms with van der Waals surface area (Å²) in [4.78, 5) is 4.35. The normalized spacial score (nSPS) is 12.6. The number of aryl methyl sites for hydroxylation is 1. The van der Waals surface area contributed by atoms with Crippen LogP contribution in [0, 0.1) is 6.92 Å². The molecule has 0 radical (unpaired) electrons. The van der Waals surface area contributed by atoms with Crippen molar-refractivity contribution in [3.8, 4) is 17.2 Å². The molecule has 0 amide bonds. The molecule has 1 N–H and O–H groups in total. The summed E-state index contributed by atoms with van der Waals surface area (Å²) in [5.41, 5.74) is 1.52. The van der Waals surface area contributed by atoms with Crippen LogP contribution in [-0.4, -0.2) is 21.9 Å². The second-order valence-electron chi connectivity index (χ2n) is 4.71. The molecule has 2 rings (SSSR count). The lowest BCUT2D eigenvalue weighted by Gasteiger charge is -2.11. The van der Waals surface area contributed by atoms with Crippen molar-refractivity contribution in [2.75, 3.05) is 6.61 Å². The van der Waals surface area contributed by atoms with Gasteiger partial charge in [-0.25, -0.2) is 0 Å². The van der Waals surface area contributed by atoms with Crippen molar-refractivity contribution < 1.29 is 14.4 Å². The van der Waals surface area contributed by atoms with E-state index in [0.29, 0.717) is 23.9 Å². The van der Waals surface area contributed by atoms with Crippen molar-refractivity contribution in [3.63, 3.8) is 0 Å². The average Bonchev–Trinajstić information content (AvgIpc) is 2.88. The Morgan fingerprint density at radius 1 is 1.35 bits per heavy atom. The van der Waals surface area contributed by atoms with Crippen molar-refractivity contribution in [2.24, 2.45) is 0 Å².